The van der Waals surface area contributed by atoms with E-state index in [1.54, 1.807) is 0 Å². The summed E-state index contributed by atoms with van der Waals surface area (Å²) in [6, 6.07) is 146. The van der Waals surface area contributed by atoms with E-state index in [0.29, 0.717) is 34.9 Å². The molecule has 7 heteroatoms. The fraction of sp³-hybridized carbons (Fsp3) is 0.0459. The van der Waals surface area contributed by atoms with Gasteiger partial charge in [-0.1, -0.05) is 366 Å². The topological polar surface area (TPSA) is 82.3 Å². The third-order valence-electron chi connectivity index (χ3n) is 24.5. The molecule has 2 unspecified atom stereocenters. The number of fused-ring (bicyclic) bond motifs is 14. The van der Waals surface area contributed by atoms with Crippen LogP contribution < -0.4 is 0 Å². The molecule has 0 bridgehead atoms. The molecule has 0 fully saturated rings. The predicted molar refractivity (Wildman–Crippen MR) is 474 cm³/mol. The van der Waals surface area contributed by atoms with Crippen LogP contribution in [-0.4, -0.2) is 34.5 Å². The lowest BCUT2D eigenvalue weighted by molar-refractivity contribution is 0.656. The van der Waals surface area contributed by atoms with Crippen LogP contribution in [-0.2, 0) is 16.2 Å². The summed E-state index contributed by atoms with van der Waals surface area (Å²) in [5.41, 5.74) is 28.3. The third-order valence-corrected chi connectivity index (χ3v) is 24.5. The second kappa shape index (κ2) is 27.2. The summed E-state index contributed by atoms with van der Waals surface area (Å²) < 4.78 is 2.41. The predicted octanol–water partition coefficient (Wildman–Crippen LogP) is 26.2. The number of aromatic nitrogens is 7. The minimum Gasteiger partial charge on any atom is -0.309 e. The fourth-order valence-corrected chi connectivity index (χ4v) is 19.1. The van der Waals surface area contributed by atoms with Gasteiger partial charge in [-0.3, -0.25) is 0 Å². The SMILES string of the molecule is CC1(C)c2cc(-c3nc(-c4ccccc4)nc(-c4ccccc4)n3)ccc2-c2ccc(C3(c4ccccc4)c4ccccc4-c4cc5ccccc5cc43)cc21.c1ccc(-c2nc(-c3ccccc3)nc(-c3ccc4c5ccc(C6(c7ccccc7)c7ccccc7-c7cc8ccccc8cc76)cc5n(-c5ccccc5)c4c3)n2)cc1. The number of rotatable bonds is 11. The summed E-state index contributed by atoms with van der Waals surface area (Å²) in [5.74, 6) is 3.91. The lowest BCUT2D eigenvalue weighted by atomic mass is 9.66. The molecule has 23 rings (SSSR count). The molecule has 3 aromatic heterocycles. The maximum atomic E-state index is 5.10. The Bertz CT molecular complexity index is 7160. The average molecular weight is 1480 g/mol. The van der Waals surface area contributed by atoms with Crippen LogP contribution in [0.3, 0.4) is 0 Å². The van der Waals surface area contributed by atoms with Crippen molar-refractivity contribution < 1.29 is 0 Å². The lowest BCUT2D eigenvalue weighted by Crippen LogP contribution is -2.29. The first-order valence-corrected chi connectivity index (χ1v) is 39.8. The molecule has 3 heterocycles. The molecule has 544 valence electrons. The van der Waals surface area contributed by atoms with E-state index in [4.69, 9.17) is 29.9 Å². The van der Waals surface area contributed by atoms with E-state index in [0.717, 1.165) is 55.5 Å². The van der Waals surface area contributed by atoms with Crippen molar-refractivity contribution >= 4 is 43.4 Å². The Labute approximate surface area is 673 Å². The molecule has 0 aliphatic heterocycles. The molecule has 2 atom stereocenters. The quantitative estimate of drug-likeness (QED) is 0.128. The van der Waals surface area contributed by atoms with Crippen molar-refractivity contribution in [2.24, 2.45) is 0 Å². The summed E-state index contributed by atoms with van der Waals surface area (Å²) >= 11 is 0. The van der Waals surface area contributed by atoms with Crippen molar-refractivity contribution in [2.75, 3.05) is 0 Å². The second-order valence-corrected chi connectivity index (χ2v) is 31.2. The van der Waals surface area contributed by atoms with Gasteiger partial charge < -0.3 is 4.57 Å². The molecule has 0 radical (unpaired) electrons. The highest BCUT2D eigenvalue weighted by molar-refractivity contribution is 6.11. The zero-order chi connectivity index (χ0) is 77.1. The highest BCUT2D eigenvalue weighted by atomic mass is 15.0. The van der Waals surface area contributed by atoms with Crippen molar-refractivity contribution in [3.8, 4) is 107 Å². The smallest absolute Gasteiger partial charge is 0.164 e. The molecule has 7 nitrogen and oxygen atoms in total. The molecular weight excluding hydrogens is 1410 g/mol. The molecule has 0 saturated heterocycles. The van der Waals surface area contributed by atoms with Gasteiger partial charge >= 0.3 is 0 Å². The van der Waals surface area contributed by atoms with Gasteiger partial charge in [0, 0.05) is 55.3 Å². The standard InChI is InChI=1S/C56H36N4.C53H37N3/c1-5-17-37(18-6-1)53-57-54(38-19-7-2-8-20-38)59-55(58-53)41-29-31-46-47-32-30-43(36-52(47)60(51(46)35-41)44-25-11-4-12-26-44)56(42-23-9-3-10-24-42)49-28-16-15-27-45(49)48-33-39-21-13-14-22-40(39)34-50(48)56;1-52(2)46-32-38(51-55-49(34-16-6-3-7-17-34)54-50(56-51)35-18-8-4-9-19-35)26-28-42(46)43-29-27-40(33-47(43)52)53(39-22-10-5-11-23-39)45-25-15-14-24-41(45)44-30-36-20-12-13-21-37(36)31-48(44)53/h1-36H;3-33H,1-2H3. The minimum atomic E-state index is -0.554. The van der Waals surface area contributed by atoms with Crippen LogP contribution >= 0.6 is 0 Å². The fourth-order valence-electron chi connectivity index (χ4n) is 19.1. The summed E-state index contributed by atoms with van der Waals surface area (Å²) in [4.78, 5) is 30.3. The third kappa shape index (κ3) is 10.8. The largest absolute Gasteiger partial charge is 0.309 e. The molecule has 0 saturated carbocycles. The van der Waals surface area contributed by atoms with Gasteiger partial charge in [-0.2, -0.15) is 0 Å². The highest BCUT2D eigenvalue weighted by Crippen LogP contribution is 2.61. The van der Waals surface area contributed by atoms with Crippen LogP contribution in [0, 0.1) is 0 Å². The zero-order valence-corrected chi connectivity index (χ0v) is 63.8. The summed E-state index contributed by atoms with van der Waals surface area (Å²) in [6.07, 6.45) is 0. The first kappa shape index (κ1) is 67.9. The van der Waals surface area contributed by atoms with Crippen molar-refractivity contribution in [3.63, 3.8) is 0 Å². The number of nitrogens with zero attached hydrogens (tertiary/aromatic N) is 7. The van der Waals surface area contributed by atoms with Crippen LogP contribution in [0.1, 0.15) is 69.5 Å². The van der Waals surface area contributed by atoms with Crippen LogP contribution in [0.25, 0.3) is 151 Å². The minimum absolute atomic E-state index is 0.281. The monoisotopic (exact) mass is 1480 g/mol. The van der Waals surface area contributed by atoms with E-state index < -0.39 is 10.8 Å². The molecule has 0 N–H and O–H groups in total. The van der Waals surface area contributed by atoms with E-state index in [9.17, 15) is 0 Å². The number of para-hydroxylation sites is 1. The number of hydrogen-bond donors (Lipinski definition) is 0. The van der Waals surface area contributed by atoms with Gasteiger partial charge in [0.1, 0.15) is 0 Å². The second-order valence-electron chi connectivity index (χ2n) is 31.2. The Morgan fingerprint density at radius 2 is 0.509 bits per heavy atom. The van der Waals surface area contributed by atoms with Gasteiger partial charge in [-0.25, -0.2) is 29.9 Å². The number of benzene rings is 17. The van der Waals surface area contributed by atoms with Crippen molar-refractivity contribution in [1.82, 2.24) is 34.5 Å². The Kier molecular flexibility index (Phi) is 15.9. The van der Waals surface area contributed by atoms with Crippen LogP contribution in [0.15, 0.2) is 406 Å². The average Bonchev–Trinajstić information content (AvgIpc) is 1.52. The Hall–Kier alpha value is -14.9. The molecule has 0 spiro atoms. The first-order chi connectivity index (χ1) is 57.2. The zero-order valence-electron chi connectivity index (χ0n) is 63.8. The van der Waals surface area contributed by atoms with E-state index in [1.807, 2.05) is 97.1 Å². The maximum absolute atomic E-state index is 5.10. The van der Waals surface area contributed by atoms with Crippen molar-refractivity contribution in [1.29, 1.82) is 0 Å². The Morgan fingerprint density at radius 3 is 0.957 bits per heavy atom. The first-order valence-electron chi connectivity index (χ1n) is 39.8. The lowest BCUT2D eigenvalue weighted by Gasteiger charge is -2.35. The highest BCUT2D eigenvalue weighted by Gasteiger charge is 2.49. The van der Waals surface area contributed by atoms with Crippen LogP contribution in [0.4, 0.5) is 0 Å². The van der Waals surface area contributed by atoms with Gasteiger partial charge in [0.2, 0.25) is 0 Å². The summed E-state index contributed by atoms with van der Waals surface area (Å²) in [6.45, 7) is 4.73. The van der Waals surface area contributed by atoms with Gasteiger partial charge in [0.05, 0.1) is 21.9 Å². The molecule has 0 amide bonds. The summed E-state index contributed by atoms with van der Waals surface area (Å²) in [7, 11) is 0. The Balaban J connectivity index is 0.000000141. The normalized spacial score (nSPS) is 15.1. The van der Waals surface area contributed by atoms with Gasteiger partial charge in [0.15, 0.2) is 34.9 Å². The Morgan fingerprint density at radius 1 is 0.198 bits per heavy atom. The van der Waals surface area contributed by atoms with E-state index in [2.05, 4.69) is 328 Å². The van der Waals surface area contributed by atoms with Crippen LogP contribution in [0.5, 0.6) is 0 Å². The molecule has 116 heavy (non-hydrogen) atoms. The summed E-state index contributed by atoms with van der Waals surface area (Å²) in [5, 5.41) is 7.34. The molecule has 3 aliphatic rings. The molecular formula is C109H73N7. The van der Waals surface area contributed by atoms with Crippen molar-refractivity contribution in [3.05, 3.63) is 462 Å². The van der Waals surface area contributed by atoms with E-state index >= 15 is 0 Å². The number of hydrogen-bond acceptors (Lipinski definition) is 6. The van der Waals surface area contributed by atoms with Gasteiger partial charge in [0.25, 0.3) is 0 Å². The van der Waals surface area contributed by atoms with Crippen molar-refractivity contribution in [2.45, 2.75) is 30.1 Å². The van der Waals surface area contributed by atoms with E-state index in [-0.39, 0.29) is 5.41 Å². The molecule has 20 aromatic rings. The maximum Gasteiger partial charge on any atom is 0.164 e. The van der Waals surface area contributed by atoms with Crippen LogP contribution in [0.2, 0.25) is 0 Å². The van der Waals surface area contributed by atoms with E-state index in [1.165, 1.54) is 116 Å². The van der Waals surface area contributed by atoms with Gasteiger partial charge in [-0.05, 0) is 165 Å². The molecule has 3 aliphatic carbocycles. The molecule has 17 aromatic carbocycles. The van der Waals surface area contributed by atoms with Gasteiger partial charge in [-0.15, -0.1) is 0 Å².